The number of H-pyrrole nitrogens is 1. The maximum atomic E-state index is 12.2. The summed E-state index contributed by atoms with van der Waals surface area (Å²) in [6, 6.07) is 0. The van der Waals surface area contributed by atoms with Gasteiger partial charge in [0.2, 0.25) is 10.0 Å². The number of aromatic nitrogens is 2. The fraction of sp³-hybridized carbons (Fsp3) is 0.700. The summed E-state index contributed by atoms with van der Waals surface area (Å²) in [4.78, 5) is 0.232. The van der Waals surface area contributed by atoms with Crippen LogP contribution in [0, 0.1) is 5.92 Å². The lowest BCUT2D eigenvalue weighted by molar-refractivity contribution is 0.118. The molecule has 17 heavy (non-hydrogen) atoms. The largest absolute Gasteiger partial charge is 0.384 e. The molecule has 0 aromatic carbocycles. The highest BCUT2D eigenvalue weighted by molar-refractivity contribution is 7.89. The van der Waals surface area contributed by atoms with Gasteiger partial charge in [0, 0.05) is 26.4 Å². The van der Waals surface area contributed by atoms with E-state index in [-0.39, 0.29) is 10.8 Å². The Bertz CT molecular complexity index is 441. The summed E-state index contributed by atoms with van der Waals surface area (Å²) in [5.74, 6) is 0.287. The molecule has 1 aromatic heterocycles. The van der Waals surface area contributed by atoms with Gasteiger partial charge < -0.3 is 4.74 Å². The number of ether oxygens (including phenoxy) is 1. The zero-order chi connectivity index (χ0) is 12.3. The Kier molecular flexibility index (Phi) is 3.80. The second-order valence-corrected chi connectivity index (χ2v) is 6.20. The van der Waals surface area contributed by atoms with Crippen molar-refractivity contribution in [2.75, 3.05) is 26.8 Å². The van der Waals surface area contributed by atoms with Crippen molar-refractivity contribution in [3.05, 3.63) is 12.4 Å². The number of nitrogens with one attached hydrogen (secondary N) is 1. The van der Waals surface area contributed by atoms with Gasteiger partial charge in [-0.15, -0.1) is 0 Å². The summed E-state index contributed by atoms with van der Waals surface area (Å²) in [6.07, 6.45) is 4.65. The third kappa shape index (κ3) is 2.67. The summed E-state index contributed by atoms with van der Waals surface area (Å²) < 4.78 is 31.1. The molecule has 1 saturated heterocycles. The second-order valence-electron chi connectivity index (χ2n) is 4.26. The zero-order valence-electron chi connectivity index (χ0n) is 9.80. The maximum Gasteiger partial charge on any atom is 0.246 e. The van der Waals surface area contributed by atoms with Gasteiger partial charge in [0.15, 0.2) is 0 Å². The average Bonchev–Trinajstić information content (AvgIpc) is 2.84. The number of nitrogens with zero attached hydrogens (tertiary/aromatic N) is 2. The van der Waals surface area contributed by atoms with Crippen molar-refractivity contribution in [3.63, 3.8) is 0 Å². The van der Waals surface area contributed by atoms with E-state index in [1.165, 1.54) is 16.7 Å². The summed E-state index contributed by atoms with van der Waals surface area (Å²) in [6.45, 7) is 1.71. The van der Waals surface area contributed by atoms with Crippen molar-refractivity contribution in [1.29, 1.82) is 0 Å². The third-order valence-corrected chi connectivity index (χ3v) is 4.83. The first-order chi connectivity index (χ1) is 8.14. The van der Waals surface area contributed by atoms with Gasteiger partial charge in [-0.2, -0.15) is 9.40 Å². The molecule has 1 atom stereocenters. The first-order valence-electron chi connectivity index (χ1n) is 5.62. The molecule has 6 nitrogen and oxygen atoms in total. The number of rotatable bonds is 4. The first kappa shape index (κ1) is 12.5. The Morgan fingerprint density at radius 3 is 3.12 bits per heavy atom. The molecule has 1 N–H and O–H groups in total. The molecule has 1 unspecified atom stereocenters. The van der Waals surface area contributed by atoms with E-state index in [4.69, 9.17) is 4.74 Å². The van der Waals surface area contributed by atoms with Gasteiger partial charge in [0.05, 0.1) is 12.8 Å². The number of hydrogen-bond donors (Lipinski definition) is 1. The molecule has 0 aliphatic carbocycles. The maximum absolute atomic E-state index is 12.2. The minimum atomic E-state index is -3.39. The molecule has 2 rings (SSSR count). The lowest BCUT2D eigenvalue weighted by Crippen LogP contribution is -2.40. The van der Waals surface area contributed by atoms with Crippen LogP contribution in [0.15, 0.2) is 17.3 Å². The molecule has 7 heteroatoms. The van der Waals surface area contributed by atoms with Crippen molar-refractivity contribution in [1.82, 2.24) is 14.5 Å². The van der Waals surface area contributed by atoms with Crippen LogP contribution in [0.25, 0.3) is 0 Å². The van der Waals surface area contributed by atoms with Crippen LogP contribution in [-0.4, -0.2) is 49.7 Å². The van der Waals surface area contributed by atoms with Crippen LogP contribution in [0.4, 0.5) is 0 Å². The standard InChI is InChI=1S/C10H17N3O3S/c1-16-8-9-3-2-4-13(7-9)17(14,15)10-5-11-12-6-10/h5-6,9H,2-4,7-8H2,1H3,(H,11,12). The highest BCUT2D eigenvalue weighted by Gasteiger charge is 2.30. The van der Waals surface area contributed by atoms with Crippen molar-refractivity contribution < 1.29 is 13.2 Å². The fourth-order valence-electron chi connectivity index (χ4n) is 2.15. The minimum absolute atomic E-state index is 0.232. The molecule has 1 aliphatic heterocycles. The zero-order valence-corrected chi connectivity index (χ0v) is 10.6. The van der Waals surface area contributed by atoms with Crippen LogP contribution in [0.1, 0.15) is 12.8 Å². The highest BCUT2D eigenvalue weighted by Crippen LogP contribution is 2.23. The van der Waals surface area contributed by atoms with Crippen LogP contribution in [0.3, 0.4) is 0 Å². The Labute approximate surface area is 101 Å². The third-order valence-electron chi connectivity index (χ3n) is 3.00. The predicted octanol–water partition coefficient (Wildman–Crippen LogP) is 0.457. The van der Waals surface area contributed by atoms with Crippen molar-refractivity contribution >= 4 is 10.0 Å². The van der Waals surface area contributed by atoms with Crippen molar-refractivity contribution in [2.45, 2.75) is 17.7 Å². The number of hydrogen-bond acceptors (Lipinski definition) is 4. The van der Waals surface area contributed by atoms with E-state index < -0.39 is 10.0 Å². The van der Waals surface area contributed by atoms with Gasteiger partial charge in [-0.25, -0.2) is 8.42 Å². The van der Waals surface area contributed by atoms with E-state index in [0.717, 1.165) is 12.8 Å². The SMILES string of the molecule is COCC1CCCN(S(=O)(=O)c2cn[nH]c2)C1. The Morgan fingerprint density at radius 2 is 2.47 bits per heavy atom. The van der Waals surface area contributed by atoms with E-state index in [2.05, 4.69) is 10.2 Å². The monoisotopic (exact) mass is 259 g/mol. The predicted molar refractivity (Wildman–Crippen MR) is 61.9 cm³/mol. The molecule has 1 aromatic rings. The van der Waals surface area contributed by atoms with Gasteiger partial charge in [0.1, 0.15) is 4.90 Å². The minimum Gasteiger partial charge on any atom is -0.384 e. The van der Waals surface area contributed by atoms with E-state index in [1.807, 2.05) is 0 Å². The van der Waals surface area contributed by atoms with Crippen LogP contribution in [0.2, 0.25) is 0 Å². The van der Waals surface area contributed by atoms with E-state index in [1.54, 1.807) is 7.11 Å². The summed E-state index contributed by atoms with van der Waals surface area (Å²) in [5, 5.41) is 6.21. The highest BCUT2D eigenvalue weighted by atomic mass is 32.2. The second kappa shape index (κ2) is 5.16. The van der Waals surface area contributed by atoms with E-state index >= 15 is 0 Å². The molecular formula is C10H17N3O3S. The summed E-state index contributed by atoms with van der Waals surface area (Å²) >= 11 is 0. The first-order valence-corrected chi connectivity index (χ1v) is 7.06. The van der Waals surface area contributed by atoms with Gasteiger partial charge >= 0.3 is 0 Å². The van der Waals surface area contributed by atoms with E-state index in [0.29, 0.717) is 19.7 Å². The molecule has 96 valence electrons. The summed E-state index contributed by atoms with van der Waals surface area (Å²) in [5.41, 5.74) is 0. The molecular weight excluding hydrogens is 242 g/mol. The summed E-state index contributed by atoms with van der Waals surface area (Å²) in [7, 11) is -1.74. The van der Waals surface area contributed by atoms with Gasteiger partial charge in [-0.05, 0) is 18.8 Å². The normalized spacial score (nSPS) is 22.8. The van der Waals surface area contributed by atoms with Crippen LogP contribution in [0.5, 0.6) is 0 Å². The molecule has 1 aliphatic rings. The number of piperidine rings is 1. The number of methoxy groups -OCH3 is 1. The Hall–Kier alpha value is -0.920. The van der Waals surface area contributed by atoms with Gasteiger partial charge in [-0.1, -0.05) is 0 Å². The topological polar surface area (TPSA) is 75.3 Å². The molecule has 2 heterocycles. The smallest absolute Gasteiger partial charge is 0.246 e. The number of aromatic amines is 1. The molecule has 0 amide bonds. The van der Waals surface area contributed by atoms with Crippen molar-refractivity contribution in [2.24, 2.45) is 5.92 Å². The molecule has 0 saturated carbocycles. The lowest BCUT2D eigenvalue weighted by atomic mass is 10.0. The fourth-order valence-corrected chi connectivity index (χ4v) is 3.61. The Balaban J connectivity index is 2.12. The molecule has 0 radical (unpaired) electrons. The lowest BCUT2D eigenvalue weighted by Gasteiger charge is -2.31. The van der Waals surface area contributed by atoms with Crippen LogP contribution >= 0.6 is 0 Å². The van der Waals surface area contributed by atoms with Gasteiger partial charge in [-0.3, -0.25) is 5.10 Å². The van der Waals surface area contributed by atoms with Crippen molar-refractivity contribution in [3.8, 4) is 0 Å². The van der Waals surface area contributed by atoms with E-state index in [9.17, 15) is 8.42 Å². The average molecular weight is 259 g/mol. The molecule has 0 spiro atoms. The van der Waals surface area contributed by atoms with Crippen LogP contribution in [-0.2, 0) is 14.8 Å². The molecule has 0 bridgehead atoms. The quantitative estimate of drug-likeness (QED) is 0.852. The van der Waals surface area contributed by atoms with Gasteiger partial charge in [0.25, 0.3) is 0 Å². The van der Waals surface area contributed by atoms with Crippen LogP contribution < -0.4 is 0 Å². The molecule has 1 fully saturated rings. The number of sulfonamides is 1. The Morgan fingerprint density at radius 1 is 1.65 bits per heavy atom.